The Labute approximate surface area is 197 Å². The van der Waals surface area contributed by atoms with E-state index in [0.29, 0.717) is 26.1 Å². The van der Waals surface area contributed by atoms with Gasteiger partial charge in [0.2, 0.25) is 11.8 Å². The van der Waals surface area contributed by atoms with Crippen molar-refractivity contribution in [2.75, 3.05) is 13.1 Å². The highest BCUT2D eigenvalue weighted by atomic mass is 35.5. The fourth-order valence-corrected chi connectivity index (χ4v) is 4.49. The van der Waals surface area contributed by atoms with Crippen molar-refractivity contribution in [2.45, 2.75) is 39.8 Å². The van der Waals surface area contributed by atoms with Gasteiger partial charge in [0.15, 0.2) is 0 Å². The van der Waals surface area contributed by atoms with Crippen LogP contribution < -0.4 is 16.0 Å². The maximum Gasteiger partial charge on any atom is 0.228 e. The number of amides is 2. The molecule has 164 valence electrons. The molecule has 1 aliphatic rings. The Hall–Kier alpha value is -0.970. The summed E-state index contributed by atoms with van der Waals surface area (Å²) in [5.74, 6) is -0.176. The third-order valence-corrected chi connectivity index (χ3v) is 6.64. The highest BCUT2D eigenvalue weighted by Gasteiger charge is 2.42. The monoisotopic (exact) mass is 501 g/mol. The number of carbonyl (C=O) groups excluding carboxylic acids is 2. The van der Waals surface area contributed by atoms with Gasteiger partial charge >= 0.3 is 0 Å². The van der Waals surface area contributed by atoms with Gasteiger partial charge in [-0.1, -0.05) is 0 Å². The van der Waals surface area contributed by atoms with Crippen molar-refractivity contribution in [1.82, 2.24) is 25.9 Å². The van der Waals surface area contributed by atoms with Crippen LogP contribution in [0.15, 0.2) is 11.0 Å². The largest absolute Gasteiger partial charge is 0.351 e. The van der Waals surface area contributed by atoms with E-state index in [2.05, 4.69) is 25.9 Å². The minimum absolute atomic E-state index is 0. The van der Waals surface area contributed by atoms with Gasteiger partial charge in [0.1, 0.15) is 0 Å². The van der Waals surface area contributed by atoms with Crippen LogP contribution in [0.1, 0.15) is 34.0 Å². The lowest BCUT2D eigenvalue weighted by Crippen LogP contribution is -2.45. The van der Waals surface area contributed by atoms with Crippen molar-refractivity contribution in [3.05, 3.63) is 32.2 Å². The van der Waals surface area contributed by atoms with Crippen LogP contribution in [0.5, 0.6) is 0 Å². The van der Waals surface area contributed by atoms with E-state index in [1.807, 2.05) is 13.8 Å². The molecule has 0 aliphatic carbocycles. The van der Waals surface area contributed by atoms with Crippen molar-refractivity contribution in [1.29, 1.82) is 0 Å². The summed E-state index contributed by atoms with van der Waals surface area (Å²) in [6, 6.07) is 0. The van der Waals surface area contributed by atoms with Gasteiger partial charge in [-0.25, -0.2) is 9.97 Å². The van der Waals surface area contributed by atoms with Gasteiger partial charge in [-0.2, -0.15) is 0 Å². The highest BCUT2D eigenvalue weighted by molar-refractivity contribution is 7.10. The van der Waals surface area contributed by atoms with Crippen LogP contribution in [-0.2, 0) is 22.7 Å². The average Bonchev–Trinajstić information content (AvgIpc) is 3.34. The zero-order valence-corrected chi connectivity index (χ0v) is 20.2. The third kappa shape index (κ3) is 7.04. The number of hydrogen-bond donors (Lipinski definition) is 3. The van der Waals surface area contributed by atoms with Crippen LogP contribution in [0.4, 0.5) is 0 Å². The van der Waals surface area contributed by atoms with Gasteiger partial charge in [0.05, 0.1) is 40.9 Å². The van der Waals surface area contributed by atoms with E-state index in [-0.39, 0.29) is 55.5 Å². The maximum absolute atomic E-state index is 12.8. The zero-order valence-electron chi connectivity index (χ0n) is 16.1. The van der Waals surface area contributed by atoms with Crippen molar-refractivity contribution in [3.8, 4) is 0 Å². The first-order chi connectivity index (χ1) is 12.5. The summed E-state index contributed by atoms with van der Waals surface area (Å²) in [5, 5.41) is 9.15. The first kappa shape index (κ1) is 28.0. The van der Waals surface area contributed by atoms with Crippen LogP contribution in [0.2, 0.25) is 0 Å². The molecule has 3 heterocycles. The Kier molecular flexibility index (Phi) is 12.2. The first-order valence-corrected chi connectivity index (χ1v) is 10.3. The Morgan fingerprint density at radius 3 is 2.03 bits per heavy atom. The van der Waals surface area contributed by atoms with Gasteiger partial charge in [0.25, 0.3) is 0 Å². The lowest BCUT2D eigenvalue weighted by Gasteiger charge is -2.26. The van der Waals surface area contributed by atoms with Gasteiger partial charge in [-0.3, -0.25) is 9.59 Å². The number of halogens is 3. The number of rotatable bonds is 7. The van der Waals surface area contributed by atoms with Gasteiger partial charge in [-0.15, -0.1) is 59.9 Å². The number of nitrogens with zero attached hydrogens (tertiary/aromatic N) is 2. The summed E-state index contributed by atoms with van der Waals surface area (Å²) in [6.45, 7) is 6.04. The van der Waals surface area contributed by atoms with Crippen molar-refractivity contribution < 1.29 is 9.59 Å². The number of carbonyl (C=O) groups is 2. The molecule has 1 aliphatic heterocycles. The molecule has 0 radical (unpaired) electrons. The highest BCUT2D eigenvalue weighted by Crippen LogP contribution is 2.30. The van der Waals surface area contributed by atoms with Gasteiger partial charge in [-0.05, 0) is 26.8 Å². The van der Waals surface area contributed by atoms with Crippen molar-refractivity contribution in [2.24, 2.45) is 5.41 Å². The van der Waals surface area contributed by atoms with Crippen LogP contribution in [0.25, 0.3) is 0 Å². The Balaban J connectivity index is 0.00000261. The Bertz CT molecular complexity index is 794. The smallest absolute Gasteiger partial charge is 0.228 e. The fourth-order valence-electron chi connectivity index (χ4n) is 3.06. The third-order valence-electron chi connectivity index (χ3n) is 4.77. The molecule has 0 spiro atoms. The Morgan fingerprint density at radius 1 is 1.03 bits per heavy atom. The van der Waals surface area contributed by atoms with Crippen LogP contribution in [-0.4, -0.2) is 34.9 Å². The van der Waals surface area contributed by atoms with E-state index in [1.54, 1.807) is 11.0 Å². The Morgan fingerprint density at radius 2 is 1.59 bits per heavy atom. The second kappa shape index (κ2) is 12.7. The standard InChI is InChI=1S/C17H23N5O2S2.3ClH/c1-11-13(25-9-21-11)6-19-15(23)5-17(3-4-18-8-17)16(24)20-7-14-12(2)22-10-26-14;;;/h9-10,18H,3-8H2,1-2H3,(H,19,23)(H,20,24);3*1H. The molecule has 3 N–H and O–H groups in total. The lowest BCUT2D eigenvalue weighted by atomic mass is 9.82. The summed E-state index contributed by atoms with van der Waals surface area (Å²) in [6.07, 6.45) is 0.846. The minimum Gasteiger partial charge on any atom is -0.351 e. The maximum atomic E-state index is 12.8. The molecular weight excluding hydrogens is 477 g/mol. The molecule has 2 aromatic heterocycles. The molecule has 2 aromatic rings. The van der Waals surface area contributed by atoms with Gasteiger partial charge < -0.3 is 16.0 Å². The molecular formula is C17H26Cl3N5O2S2. The summed E-state index contributed by atoms with van der Waals surface area (Å²) in [5.41, 5.74) is 4.73. The van der Waals surface area contributed by atoms with E-state index in [4.69, 9.17) is 0 Å². The molecule has 12 heteroatoms. The molecule has 1 atom stereocenters. The minimum atomic E-state index is -0.689. The van der Waals surface area contributed by atoms with E-state index >= 15 is 0 Å². The molecule has 7 nitrogen and oxygen atoms in total. The average molecular weight is 503 g/mol. The fraction of sp³-hybridized carbons (Fsp3) is 0.529. The van der Waals surface area contributed by atoms with Crippen LogP contribution in [0.3, 0.4) is 0 Å². The molecule has 0 bridgehead atoms. The van der Waals surface area contributed by atoms with Crippen LogP contribution in [0, 0.1) is 19.3 Å². The molecule has 1 fully saturated rings. The topological polar surface area (TPSA) is 96.0 Å². The summed E-state index contributed by atoms with van der Waals surface area (Å²) in [7, 11) is 0. The summed E-state index contributed by atoms with van der Waals surface area (Å²) < 4.78 is 0. The molecule has 0 aromatic carbocycles. The number of aromatic nitrogens is 2. The van der Waals surface area contributed by atoms with E-state index < -0.39 is 5.41 Å². The first-order valence-electron chi connectivity index (χ1n) is 8.54. The molecule has 1 unspecified atom stereocenters. The predicted molar refractivity (Wildman–Crippen MR) is 124 cm³/mol. The number of thiazole rings is 2. The normalized spacial score (nSPS) is 17.4. The lowest BCUT2D eigenvalue weighted by molar-refractivity contribution is -0.135. The number of nitrogens with one attached hydrogen (secondary N) is 3. The summed E-state index contributed by atoms with van der Waals surface area (Å²) >= 11 is 3.05. The second-order valence-electron chi connectivity index (χ2n) is 6.57. The quantitative estimate of drug-likeness (QED) is 0.541. The summed E-state index contributed by atoms with van der Waals surface area (Å²) in [4.78, 5) is 35.8. The molecule has 0 saturated carbocycles. The molecule has 1 saturated heterocycles. The molecule has 29 heavy (non-hydrogen) atoms. The SMILES string of the molecule is Cc1ncsc1CNC(=O)CC1(C(=O)NCc2scnc2C)CCNC1.Cl.Cl.Cl. The molecule has 2 amide bonds. The zero-order chi connectivity index (χ0) is 18.6. The van der Waals surface area contributed by atoms with E-state index in [1.165, 1.54) is 22.7 Å². The number of hydrogen-bond acceptors (Lipinski definition) is 7. The predicted octanol–water partition coefficient (Wildman–Crippen LogP) is 2.78. The van der Waals surface area contributed by atoms with Crippen molar-refractivity contribution >= 4 is 71.7 Å². The number of aryl methyl sites for hydroxylation is 2. The van der Waals surface area contributed by atoms with E-state index in [0.717, 1.165) is 27.7 Å². The molecule has 3 rings (SSSR count). The van der Waals surface area contributed by atoms with Crippen molar-refractivity contribution in [3.63, 3.8) is 0 Å². The van der Waals surface area contributed by atoms with Crippen LogP contribution >= 0.6 is 59.9 Å². The van der Waals surface area contributed by atoms with E-state index in [9.17, 15) is 9.59 Å². The second-order valence-corrected chi connectivity index (χ2v) is 8.44. The van der Waals surface area contributed by atoms with Gasteiger partial charge in [0, 0.05) is 22.7 Å².